The van der Waals surface area contributed by atoms with Gasteiger partial charge in [-0.05, 0) is 55.7 Å². The third-order valence-corrected chi connectivity index (χ3v) is 7.74. The summed E-state index contributed by atoms with van der Waals surface area (Å²) in [5, 5.41) is 6.38. The van der Waals surface area contributed by atoms with Crippen molar-refractivity contribution in [2.75, 3.05) is 6.61 Å². The summed E-state index contributed by atoms with van der Waals surface area (Å²) < 4.78 is 33.2. The van der Waals surface area contributed by atoms with Crippen LogP contribution in [0, 0.1) is 0 Å². The van der Waals surface area contributed by atoms with Gasteiger partial charge in [-0.25, -0.2) is 8.78 Å². The van der Waals surface area contributed by atoms with Crippen molar-refractivity contribution < 1.29 is 23.1 Å². The third-order valence-electron chi connectivity index (χ3n) is 7.74. The van der Waals surface area contributed by atoms with E-state index >= 15 is 0 Å². The number of ether oxygens (including phenoxy) is 1. The fourth-order valence-electron chi connectivity index (χ4n) is 5.81. The van der Waals surface area contributed by atoms with Crippen molar-refractivity contribution in [2.24, 2.45) is 0 Å². The van der Waals surface area contributed by atoms with Gasteiger partial charge in [0.1, 0.15) is 6.04 Å². The second-order valence-corrected chi connectivity index (χ2v) is 10.2. The zero-order valence-corrected chi connectivity index (χ0v) is 19.5. The highest BCUT2D eigenvalue weighted by Crippen LogP contribution is 2.34. The van der Waals surface area contributed by atoms with Crippen LogP contribution in [0.2, 0.25) is 0 Å². The molecule has 34 heavy (non-hydrogen) atoms. The third kappa shape index (κ3) is 4.89. The van der Waals surface area contributed by atoms with Gasteiger partial charge >= 0.3 is 0 Å². The monoisotopic (exact) mass is 473 g/mol. The number of nitrogens with one attached hydrogen (secondary N) is 2. The van der Waals surface area contributed by atoms with Crippen LogP contribution in [0.15, 0.2) is 30.5 Å². The molecule has 184 valence electrons. The number of carbonyl (C=O) groups excluding carboxylic acids is 2. The highest BCUT2D eigenvalue weighted by molar-refractivity contribution is 6.01. The van der Waals surface area contributed by atoms with Gasteiger partial charge in [-0.15, -0.1) is 0 Å². The van der Waals surface area contributed by atoms with Gasteiger partial charge in [-0.3, -0.25) is 9.59 Å². The molecule has 4 aliphatic rings. The first kappa shape index (κ1) is 23.4. The largest absolute Gasteiger partial charge is 0.376 e. The molecule has 1 aromatic carbocycles. The number of benzene rings is 1. The van der Waals surface area contributed by atoms with Crippen molar-refractivity contribution in [2.45, 2.75) is 94.5 Å². The van der Waals surface area contributed by atoms with Gasteiger partial charge in [0.2, 0.25) is 11.8 Å². The molecule has 0 radical (unpaired) electrons. The first-order valence-electron chi connectivity index (χ1n) is 12.5. The molecule has 3 fully saturated rings. The van der Waals surface area contributed by atoms with Crippen LogP contribution >= 0.6 is 0 Å². The molecule has 3 heterocycles. The molecule has 3 atom stereocenters. The number of allylic oxidation sites excluding steroid dienone is 1. The smallest absolute Gasteiger partial charge is 0.255 e. The van der Waals surface area contributed by atoms with Crippen molar-refractivity contribution in [3.63, 3.8) is 0 Å². The standard InChI is InChI=1S/C26H33F2N3O3/c1-16-4-7-22(24(32)29-16)31-15-18-13-17(5-6-20(18)25(31)33)14-23-21(3-2-12-34-23)30-19-8-10-26(27,28)11-9-19/h5-6,13,19,21-23,30H,1-4,7-12,14-15H2,(H,29,32)/t21-,22?,23+/m0/s1. The molecule has 1 aromatic rings. The number of hydrogen-bond acceptors (Lipinski definition) is 4. The number of rotatable bonds is 5. The van der Waals surface area contributed by atoms with Gasteiger partial charge < -0.3 is 20.3 Å². The van der Waals surface area contributed by atoms with Crippen LogP contribution in [0.5, 0.6) is 0 Å². The summed E-state index contributed by atoms with van der Waals surface area (Å²) in [5.41, 5.74) is 3.38. The van der Waals surface area contributed by atoms with E-state index in [0.717, 1.165) is 24.0 Å². The summed E-state index contributed by atoms with van der Waals surface area (Å²) in [6, 6.07) is 5.67. The number of piperidine rings is 1. The van der Waals surface area contributed by atoms with E-state index in [9.17, 15) is 18.4 Å². The lowest BCUT2D eigenvalue weighted by molar-refractivity contribution is -0.126. The molecular formula is C26H33F2N3O3. The molecule has 3 aliphatic heterocycles. The topological polar surface area (TPSA) is 70.7 Å². The van der Waals surface area contributed by atoms with Crippen molar-refractivity contribution in [3.8, 4) is 0 Å². The Balaban J connectivity index is 1.24. The fraction of sp³-hybridized carbons (Fsp3) is 0.615. The van der Waals surface area contributed by atoms with Crippen molar-refractivity contribution in [1.82, 2.24) is 15.5 Å². The number of hydrogen-bond donors (Lipinski definition) is 2. The van der Waals surface area contributed by atoms with E-state index < -0.39 is 12.0 Å². The maximum Gasteiger partial charge on any atom is 0.255 e. The minimum atomic E-state index is -2.53. The van der Waals surface area contributed by atoms with Gasteiger partial charge in [0.05, 0.1) is 6.10 Å². The quantitative estimate of drug-likeness (QED) is 0.684. The first-order valence-corrected chi connectivity index (χ1v) is 12.5. The van der Waals surface area contributed by atoms with Gasteiger partial charge in [0.15, 0.2) is 0 Å². The summed E-state index contributed by atoms with van der Waals surface area (Å²) >= 11 is 0. The van der Waals surface area contributed by atoms with Gasteiger partial charge in [0.25, 0.3) is 5.91 Å². The van der Waals surface area contributed by atoms with E-state index in [0.29, 0.717) is 56.5 Å². The van der Waals surface area contributed by atoms with Crippen LogP contribution in [-0.4, -0.2) is 53.5 Å². The lowest BCUT2D eigenvalue weighted by atomic mass is 9.89. The Morgan fingerprint density at radius 1 is 1.18 bits per heavy atom. The minimum absolute atomic E-state index is 0.0300. The van der Waals surface area contributed by atoms with Crippen molar-refractivity contribution in [1.29, 1.82) is 0 Å². The highest BCUT2D eigenvalue weighted by Gasteiger charge is 2.39. The minimum Gasteiger partial charge on any atom is -0.376 e. The van der Waals surface area contributed by atoms with Gasteiger partial charge in [0, 0.05) is 55.8 Å². The molecule has 1 aliphatic carbocycles. The zero-order chi connectivity index (χ0) is 23.9. The fourth-order valence-corrected chi connectivity index (χ4v) is 5.81. The maximum atomic E-state index is 13.5. The highest BCUT2D eigenvalue weighted by atomic mass is 19.3. The van der Waals surface area contributed by atoms with Crippen LogP contribution in [0.25, 0.3) is 0 Å². The van der Waals surface area contributed by atoms with E-state index in [4.69, 9.17) is 4.74 Å². The number of halogens is 2. The molecule has 5 rings (SSSR count). The lowest BCUT2D eigenvalue weighted by Crippen LogP contribution is -2.51. The molecule has 8 heteroatoms. The number of alkyl halides is 2. The Morgan fingerprint density at radius 2 is 1.97 bits per heavy atom. The second kappa shape index (κ2) is 9.38. The van der Waals surface area contributed by atoms with Crippen molar-refractivity contribution in [3.05, 3.63) is 47.2 Å². The van der Waals surface area contributed by atoms with Crippen molar-refractivity contribution >= 4 is 11.8 Å². The number of nitrogens with zero attached hydrogens (tertiary/aromatic N) is 1. The normalized spacial score (nSPS) is 29.8. The molecule has 0 spiro atoms. The average molecular weight is 474 g/mol. The Morgan fingerprint density at radius 3 is 2.74 bits per heavy atom. The lowest BCUT2D eigenvalue weighted by Gasteiger charge is -2.37. The SMILES string of the molecule is C=C1CCC(N2Cc3cc(C[C@H]4OCCC[C@@H]4NC4CCC(F)(F)CC4)ccc3C2=O)C(=O)N1. The molecule has 0 bridgehead atoms. The first-order chi connectivity index (χ1) is 16.3. The van der Waals surface area contributed by atoms with Crippen LogP contribution in [-0.2, 0) is 22.5 Å². The summed E-state index contributed by atoms with van der Waals surface area (Å²) in [6.45, 7) is 4.94. The maximum absolute atomic E-state index is 13.5. The van der Waals surface area contributed by atoms with Crippen LogP contribution in [0.1, 0.15) is 72.9 Å². The number of amides is 2. The summed E-state index contributed by atoms with van der Waals surface area (Å²) in [6.07, 6.45) is 4.75. The van der Waals surface area contributed by atoms with Crippen LogP contribution < -0.4 is 10.6 Å². The van der Waals surface area contributed by atoms with E-state index in [2.05, 4.69) is 23.3 Å². The summed E-state index contributed by atoms with van der Waals surface area (Å²) in [5.74, 6) is -2.79. The molecule has 2 N–H and O–H groups in total. The van der Waals surface area contributed by atoms with Gasteiger partial charge in [-0.1, -0.05) is 18.7 Å². The van der Waals surface area contributed by atoms with Crippen LogP contribution in [0.3, 0.4) is 0 Å². The van der Waals surface area contributed by atoms with E-state index in [1.807, 2.05) is 12.1 Å². The second-order valence-electron chi connectivity index (χ2n) is 10.2. The Bertz CT molecular complexity index is 972. The predicted octanol–water partition coefficient (Wildman–Crippen LogP) is 3.69. The summed E-state index contributed by atoms with van der Waals surface area (Å²) in [4.78, 5) is 27.1. The van der Waals surface area contributed by atoms with E-state index in [1.165, 1.54) is 0 Å². The molecule has 6 nitrogen and oxygen atoms in total. The Labute approximate surface area is 199 Å². The molecule has 2 saturated heterocycles. The summed E-state index contributed by atoms with van der Waals surface area (Å²) in [7, 11) is 0. The zero-order valence-electron chi connectivity index (χ0n) is 19.5. The molecule has 0 aromatic heterocycles. The van der Waals surface area contributed by atoms with E-state index in [-0.39, 0.29) is 42.8 Å². The predicted molar refractivity (Wildman–Crippen MR) is 123 cm³/mol. The van der Waals surface area contributed by atoms with Crippen LogP contribution in [0.4, 0.5) is 8.78 Å². The molecule has 1 unspecified atom stereocenters. The molecular weight excluding hydrogens is 440 g/mol. The number of fused-ring (bicyclic) bond motifs is 1. The number of carbonyl (C=O) groups is 2. The van der Waals surface area contributed by atoms with E-state index in [1.54, 1.807) is 4.90 Å². The van der Waals surface area contributed by atoms with Gasteiger partial charge in [-0.2, -0.15) is 0 Å². The average Bonchev–Trinajstić information content (AvgIpc) is 3.12. The Kier molecular flexibility index (Phi) is 6.46. The molecule has 2 amide bonds. The molecule has 1 saturated carbocycles. The Hall–Kier alpha value is -2.32.